The minimum atomic E-state index is 0.0381. The van der Waals surface area contributed by atoms with Crippen LogP contribution < -0.4 is 5.32 Å². The van der Waals surface area contributed by atoms with Crippen LogP contribution in [-0.2, 0) is 16.1 Å². The topological polar surface area (TPSA) is 41.6 Å². The largest absolute Gasteiger partial charge is 0.376 e. The third-order valence-corrected chi connectivity index (χ3v) is 6.98. The lowest BCUT2D eigenvalue weighted by atomic mass is 9.77. The molecule has 4 rings (SSSR count). The summed E-state index contributed by atoms with van der Waals surface area (Å²) >= 11 is 12.7. The van der Waals surface area contributed by atoms with E-state index in [-0.39, 0.29) is 18.1 Å². The van der Waals surface area contributed by atoms with Crippen LogP contribution in [0.2, 0.25) is 10.0 Å². The van der Waals surface area contributed by atoms with Crippen LogP contribution in [0.5, 0.6) is 0 Å². The van der Waals surface area contributed by atoms with E-state index in [1.54, 1.807) is 6.92 Å². The maximum absolute atomic E-state index is 11.7. The second-order valence-electron chi connectivity index (χ2n) is 8.51. The molecule has 6 heteroatoms. The highest BCUT2D eigenvalue weighted by Crippen LogP contribution is 2.40. The number of likely N-dealkylation sites (tertiary alicyclic amines) is 1. The Hall–Kier alpha value is -0.810. The van der Waals surface area contributed by atoms with Gasteiger partial charge in [-0.25, -0.2) is 0 Å². The van der Waals surface area contributed by atoms with Gasteiger partial charge in [0.15, 0.2) is 0 Å². The molecule has 1 aromatic rings. The Kier molecular flexibility index (Phi) is 5.98. The molecule has 1 N–H and O–H groups in total. The van der Waals surface area contributed by atoms with Gasteiger partial charge in [0.2, 0.25) is 5.91 Å². The minimum Gasteiger partial charge on any atom is -0.376 e. The number of halogens is 2. The van der Waals surface area contributed by atoms with E-state index in [1.165, 1.54) is 12.8 Å². The van der Waals surface area contributed by atoms with Crippen molar-refractivity contribution in [3.8, 4) is 0 Å². The van der Waals surface area contributed by atoms with E-state index in [0.717, 1.165) is 60.6 Å². The van der Waals surface area contributed by atoms with E-state index in [9.17, 15) is 4.79 Å². The van der Waals surface area contributed by atoms with Crippen molar-refractivity contribution < 1.29 is 9.53 Å². The number of carbonyl (C=O) groups excluding carboxylic acids is 1. The van der Waals surface area contributed by atoms with Gasteiger partial charge in [0.1, 0.15) is 0 Å². The first kappa shape index (κ1) is 19.5. The van der Waals surface area contributed by atoms with Crippen molar-refractivity contribution in [2.45, 2.75) is 51.3 Å². The van der Waals surface area contributed by atoms with Crippen molar-refractivity contribution in [3.05, 3.63) is 33.8 Å². The van der Waals surface area contributed by atoms with Gasteiger partial charge in [-0.3, -0.25) is 9.69 Å². The molecule has 0 bridgehead atoms. The van der Waals surface area contributed by atoms with Crippen LogP contribution in [0.4, 0.5) is 0 Å². The summed E-state index contributed by atoms with van der Waals surface area (Å²) < 4.78 is 6.24. The zero-order chi connectivity index (χ0) is 19.0. The van der Waals surface area contributed by atoms with Gasteiger partial charge < -0.3 is 10.1 Å². The van der Waals surface area contributed by atoms with E-state index < -0.39 is 0 Å². The van der Waals surface area contributed by atoms with Crippen LogP contribution in [-0.4, -0.2) is 42.6 Å². The van der Waals surface area contributed by atoms with Gasteiger partial charge in [-0.2, -0.15) is 0 Å². The van der Waals surface area contributed by atoms with Gasteiger partial charge >= 0.3 is 0 Å². The fourth-order valence-electron chi connectivity index (χ4n) is 4.69. The van der Waals surface area contributed by atoms with Crippen molar-refractivity contribution >= 4 is 29.1 Å². The summed E-state index contributed by atoms with van der Waals surface area (Å²) in [4.78, 5) is 14.1. The van der Waals surface area contributed by atoms with Crippen molar-refractivity contribution in [1.29, 1.82) is 0 Å². The lowest BCUT2D eigenvalue weighted by molar-refractivity contribution is -0.122. The van der Waals surface area contributed by atoms with Crippen LogP contribution >= 0.6 is 23.2 Å². The first-order valence-electron chi connectivity index (χ1n) is 10.0. The minimum absolute atomic E-state index is 0.0381. The molecule has 4 atom stereocenters. The maximum Gasteiger partial charge on any atom is 0.217 e. The van der Waals surface area contributed by atoms with Gasteiger partial charge in [0, 0.05) is 48.8 Å². The second-order valence-corrected chi connectivity index (χ2v) is 9.32. The molecule has 1 aromatic carbocycles. The summed E-state index contributed by atoms with van der Waals surface area (Å²) in [6, 6.07) is 5.82. The quantitative estimate of drug-likeness (QED) is 0.765. The fraction of sp³-hybridized carbons (Fsp3) is 0.667. The lowest BCUT2D eigenvalue weighted by Gasteiger charge is -2.38. The maximum atomic E-state index is 11.7. The summed E-state index contributed by atoms with van der Waals surface area (Å²) in [6.07, 6.45) is 4.73. The van der Waals surface area contributed by atoms with E-state index >= 15 is 0 Å². The number of ether oxygens (including phenoxy) is 1. The highest BCUT2D eigenvalue weighted by Gasteiger charge is 2.43. The number of nitrogens with zero attached hydrogens (tertiary/aromatic N) is 1. The van der Waals surface area contributed by atoms with Crippen LogP contribution in [0.25, 0.3) is 0 Å². The molecular formula is C21H28Cl2N2O2. The number of hydrogen-bond acceptors (Lipinski definition) is 3. The summed E-state index contributed by atoms with van der Waals surface area (Å²) in [5.41, 5.74) is 1.01. The monoisotopic (exact) mass is 410 g/mol. The Balaban J connectivity index is 1.40. The summed E-state index contributed by atoms with van der Waals surface area (Å²) in [7, 11) is 0. The van der Waals surface area contributed by atoms with Gasteiger partial charge in [0.05, 0.1) is 12.1 Å². The molecule has 3 fully saturated rings. The van der Waals surface area contributed by atoms with Crippen LogP contribution in [0.3, 0.4) is 0 Å². The number of benzene rings is 1. The fourth-order valence-corrected chi connectivity index (χ4v) is 5.20. The molecule has 1 amide bonds. The number of fused-ring (bicyclic) bond motifs is 1. The molecule has 0 aromatic heterocycles. The second kappa shape index (κ2) is 8.28. The Bertz CT molecular complexity index is 675. The molecule has 2 saturated carbocycles. The van der Waals surface area contributed by atoms with E-state index in [4.69, 9.17) is 27.9 Å². The summed E-state index contributed by atoms with van der Waals surface area (Å²) in [6.45, 7) is 5.30. The van der Waals surface area contributed by atoms with Crippen molar-refractivity contribution in [2.75, 3.05) is 19.7 Å². The van der Waals surface area contributed by atoms with Gasteiger partial charge in [-0.15, -0.1) is 0 Å². The molecule has 1 saturated heterocycles. The Morgan fingerprint density at radius 3 is 2.48 bits per heavy atom. The third-order valence-electron chi connectivity index (χ3n) is 6.27. The zero-order valence-electron chi connectivity index (χ0n) is 15.8. The smallest absolute Gasteiger partial charge is 0.217 e. The van der Waals surface area contributed by atoms with E-state index in [1.807, 2.05) is 18.2 Å². The number of rotatable bonds is 6. The Labute approximate surface area is 171 Å². The summed E-state index contributed by atoms with van der Waals surface area (Å²) in [5.74, 6) is 1.98. The molecular weight excluding hydrogens is 383 g/mol. The molecule has 0 spiro atoms. The van der Waals surface area contributed by atoms with Crippen LogP contribution in [0.15, 0.2) is 18.2 Å². The number of amides is 1. The van der Waals surface area contributed by atoms with Crippen LogP contribution in [0, 0.1) is 17.8 Å². The average molecular weight is 411 g/mol. The average Bonchev–Trinajstić information content (AvgIpc) is 3.35. The SMILES string of the molecule is CC(=O)N[C@@H]1C[C@@H]2CN(Cc3c(Cl)cccc3Cl)C[C@@H]2C[C@H]1OCC1CC1. The Morgan fingerprint density at radius 1 is 1.19 bits per heavy atom. The molecule has 0 radical (unpaired) electrons. The Morgan fingerprint density at radius 2 is 1.85 bits per heavy atom. The predicted molar refractivity (Wildman–Crippen MR) is 108 cm³/mol. The molecule has 4 nitrogen and oxygen atoms in total. The molecule has 148 valence electrons. The highest BCUT2D eigenvalue weighted by atomic mass is 35.5. The molecule has 0 unspecified atom stereocenters. The van der Waals surface area contributed by atoms with E-state index in [2.05, 4.69) is 10.2 Å². The van der Waals surface area contributed by atoms with E-state index in [0.29, 0.717) is 11.8 Å². The number of hydrogen-bond donors (Lipinski definition) is 1. The van der Waals surface area contributed by atoms with Gasteiger partial charge in [-0.05, 0) is 55.6 Å². The normalized spacial score (nSPS) is 30.9. The van der Waals surface area contributed by atoms with Crippen LogP contribution in [0.1, 0.15) is 38.2 Å². The highest BCUT2D eigenvalue weighted by molar-refractivity contribution is 6.35. The molecule has 27 heavy (non-hydrogen) atoms. The predicted octanol–water partition coefficient (Wildman–Crippen LogP) is 4.14. The number of carbonyl (C=O) groups is 1. The van der Waals surface area contributed by atoms with Crippen molar-refractivity contribution in [1.82, 2.24) is 10.2 Å². The summed E-state index contributed by atoms with van der Waals surface area (Å²) in [5, 5.41) is 4.62. The first-order chi connectivity index (χ1) is 13.0. The third kappa shape index (κ3) is 4.79. The molecule has 1 heterocycles. The van der Waals surface area contributed by atoms with Gasteiger partial charge in [-0.1, -0.05) is 29.3 Å². The zero-order valence-corrected chi connectivity index (χ0v) is 17.3. The lowest BCUT2D eigenvalue weighted by Crippen LogP contribution is -2.50. The molecule has 1 aliphatic heterocycles. The molecule has 3 aliphatic rings. The van der Waals surface area contributed by atoms with Gasteiger partial charge in [0.25, 0.3) is 0 Å². The number of nitrogens with one attached hydrogen (secondary N) is 1. The first-order valence-corrected chi connectivity index (χ1v) is 10.8. The molecule has 2 aliphatic carbocycles. The van der Waals surface area contributed by atoms with Crippen molar-refractivity contribution in [2.24, 2.45) is 17.8 Å². The standard InChI is InChI=1S/C21H28Cl2N2O2/c1-13(26)24-20-7-15-9-25(11-17-18(22)3-2-4-19(17)23)10-16(15)8-21(20)27-12-14-5-6-14/h2-4,14-16,20-21H,5-12H2,1H3,(H,24,26)/t15-,16+,20-,21-/m1/s1. The van der Waals surface area contributed by atoms with Crippen molar-refractivity contribution in [3.63, 3.8) is 0 Å².